The van der Waals surface area contributed by atoms with Gasteiger partial charge in [0.1, 0.15) is 0 Å². The zero-order chi connectivity index (χ0) is 21.0. The highest BCUT2D eigenvalue weighted by Gasteiger charge is 2.24. The van der Waals surface area contributed by atoms with Crippen LogP contribution in [0.1, 0.15) is 41.8 Å². The maximum atomic E-state index is 12.6. The summed E-state index contributed by atoms with van der Waals surface area (Å²) in [5, 5.41) is 11.3. The Labute approximate surface area is 168 Å². The van der Waals surface area contributed by atoms with Crippen molar-refractivity contribution in [2.75, 3.05) is 18.1 Å². The molecule has 0 fully saturated rings. The van der Waals surface area contributed by atoms with E-state index in [1.807, 2.05) is 13.0 Å². The van der Waals surface area contributed by atoms with Crippen molar-refractivity contribution in [1.29, 1.82) is 0 Å². The van der Waals surface area contributed by atoms with E-state index >= 15 is 0 Å². The summed E-state index contributed by atoms with van der Waals surface area (Å²) in [4.78, 5) is 36.6. The van der Waals surface area contributed by atoms with E-state index in [4.69, 9.17) is 4.74 Å². The molecule has 150 valence electrons. The first-order valence-electron chi connectivity index (χ1n) is 9.45. The average Bonchev–Trinajstić information content (AvgIpc) is 3.13. The van der Waals surface area contributed by atoms with Gasteiger partial charge in [-0.15, -0.1) is 0 Å². The molecule has 7 nitrogen and oxygen atoms in total. The quantitative estimate of drug-likeness (QED) is 0.304. The molecule has 1 aliphatic rings. The number of anilines is 1. The van der Waals surface area contributed by atoms with Crippen LogP contribution in [0.15, 0.2) is 42.5 Å². The summed E-state index contributed by atoms with van der Waals surface area (Å²) in [5.74, 6) is -0.00575. The molecule has 0 saturated heterocycles. The molecule has 0 N–H and O–H groups in total. The third-order valence-corrected chi connectivity index (χ3v) is 4.71. The lowest BCUT2D eigenvalue weighted by atomic mass is 10.1. The summed E-state index contributed by atoms with van der Waals surface area (Å²) in [6.07, 6.45) is 4.39. The highest BCUT2D eigenvalue weighted by Crippen LogP contribution is 2.30. The zero-order valence-electron chi connectivity index (χ0n) is 16.4. The number of fused-ring (bicyclic) bond motifs is 1. The molecule has 0 spiro atoms. The lowest BCUT2D eigenvalue weighted by Gasteiger charge is -2.15. The predicted molar refractivity (Wildman–Crippen MR) is 110 cm³/mol. The van der Waals surface area contributed by atoms with Crippen LogP contribution in [0.4, 0.5) is 11.4 Å². The summed E-state index contributed by atoms with van der Waals surface area (Å²) in [6.45, 7) is 4.37. The molecule has 2 aromatic carbocycles. The molecular formula is C22H22N2O5. The number of nitro groups is 1. The summed E-state index contributed by atoms with van der Waals surface area (Å²) < 4.78 is 5.41. The average molecular weight is 394 g/mol. The summed E-state index contributed by atoms with van der Waals surface area (Å²) in [7, 11) is 0. The Balaban J connectivity index is 1.77. The molecule has 0 atom stereocenters. The van der Waals surface area contributed by atoms with Crippen molar-refractivity contribution >= 4 is 29.1 Å². The van der Waals surface area contributed by atoms with Gasteiger partial charge in [0.2, 0.25) is 0 Å². The van der Waals surface area contributed by atoms with Crippen LogP contribution in [0.25, 0.3) is 6.08 Å². The molecule has 0 unspecified atom stereocenters. The van der Waals surface area contributed by atoms with Crippen molar-refractivity contribution in [3.63, 3.8) is 0 Å². The number of carbonyl (C=O) groups is 2. The Morgan fingerprint density at radius 3 is 2.72 bits per heavy atom. The van der Waals surface area contributed by atoms with Crippen molar-refractivity contribution < 1.29 is 19.2 Å². The topological polar surface area (TPSA) is 89.8 Å². The van der Waals surface area contributed by atoms with E-state index in [-0.39, 0.29) is 23.1 Å². The fourth-order valence-corrected chi connectivity index (χ4v) is 3.22. The summed E-state index contributed by atoms with van der Waals surface area (Å²) in [6, 6.07) is 9.95. The van der Waals surface area contributed by atoms with Crippen LogP contribution in [-0.2, 0) is 11.2 Å². The molecule has 29 heavy (non-hydrogen) atoms. The van der Waals surface area contributed by atoms with Gasteiger partial charge < -0.3 is 9.64 Å². The SMILES string of the molecule is CCCOc1ccc(/C=C/C(=O)N2CCc3cc(C(C)=O)ccc32)cc1[N+](=O)[O-]. The van der Waals surface area contributed by atoms with Crippen LogP contribution in [-0.4, -0.2) is 29.8 Å². The second-order valence-corrected chi connectivity index (χ2v) is 6.81. The van der Waals surface area contributed by atoms with Gasteiger partial charge in [0.05, 0.1) is 11.5 Å². The number of nitro benzene ring substituents is 1. The van der Waals surface area contributed by atoms with Crippen LogP contribution in [0.2, 0.25) is 0 Å². The second kappa shape index (κ2) is 8.68. The van der Waals surface area contributed by atoms with Crippen LogP contribution >= 0.6 is 0 Å². The molecule has 0 radical (unpaired) electrons. The van der Waals surface area contributed by atoms with Crippen LogP contribution in [0.5, 0.6) is 5.75 Å². The highest BCUT2D eigenvalue weighted by atomic mass is 16.6. The number of hydrogen-bond acceptors (Lipinski definition) is 5. The van der Waals surface area contributed by atoms with Gasteiger partial charge in [0.15, 0.2) is 11.5 Å². The summed E-state index contributed by atoms with van der Waals surface area (Å²) in [5.41, 5.74) is 2.80. The van der Waals surface area contributed by atoms with E-state index < -0.39 is 4.92 Å². The number of ketones is 1. The number of Topliss-reactive ketones (excluding diaryl/α,β-unsaturated/α-hetero) is 1. The first-order chi connectivity index (χ1) is 13.9. The van der Waals surface area contributed by atoms with Crippen LogP contribution < -0.4 is 9.64 Å². The van der Waals surface area contributed by atoms with E-state index in [1.165, 1.54) is 19.1 Å². The van der Waals surface area contributed by atoms with E-state index in [0.29, 0.717) is 30.7 Å². The third kappa shape index (κ3) is 4.51. The minimum absolute atomic E-state index is 0.00886. The van der Waals surface area contributed by atoms with Crippen molar-refractivity contribution in [3.8, 4) is 5.75 Å². The summed E-state index contributed by atoms with van der Waals surface area (Å²) >= 11 is 0. The molecule has 0 saturated carbocycles. The number of carbonyl (C=O) groups excluding carboxylic acids is 2. The highest BCUT2D eigenvalue weighted by molar-refractivity contribution is 6.05. The Hall–Kier alpha value is -3.48. The number of amides is 1. The molecule has 0 bridgehead atoms. The minimum atomic E-state index is -0.493. The lowest BCUT2D eigenvalue weighted by Crippen LogP contribution is -2.26. The number of hydrogen-bond donors (Lipinski definition) is 0. The standard InChI is InChI=1S/C22H22N2O5/c1-3-12-29-21-8-4-16(13-20(21)24(27)28)5-9-22(26)23-11-10-18-14-17(15(2)25)6-7-19(18)23/h4-9,13-14H,3,10-12H2,1-2H3/b9-5+. The van der Waals surface area contributed by atoms with E-state index in [9.17, 15) is 19.7 Å². The normalized spacial score (nSPS) is 12.8. The smallest absolute Gasteiger partial charge is 0.311 e. The second-order valence-electron chi connectivity index (χ2n) is 6.81. The van der Waals surface area contributed by atoms with E-state index in [2.05, 4.69) is 0 Å². The lowest BCUT2D eigenvalue weighted by molar-refractivity contribution is -0.385. The molecule has 7 heteroatoms. The zero-order valence-corrected chi connectivity index (χ0v) is 16.4. The van der Waals surface area contributed by atoms with Crippen molar-refractivity contribution in [2.24, 2.45) is 0 Å². The Morgan fingerprint density at radius 1 is 1.24 bits per heavy atom. The predicted octanol–water partition coefficient (Wildman–Crippen LogP) is 4.19. The molecule has 1 aliphatic heterocycles. The molecule has 0 aromatic heterocycles. The first-order valence-corrected chi connectivity index (χ1v) is 9.45. The van der Waals surface area contributed by atoms with E-state index in [0.717, 1.165) is 17.7 Å². The van der Waals surface area contributed by atoms with Gasteiger partial charge >= 0.3 is 5.69 Å². The number of ether oxygens (including phenoxy) is 1. The molecule has 2 aromatic rings. The number of nitrogens with zero attached hydrogens (tertiary/aromatic N) is 2. The molecule has 1 heterocycles. The van der Waals surface area contributed by atoms with Gasteiger partial charge in [-0.05, 0) is 61.2 Å². The maximum Gasteiger partial charge on any atom is 0.311 e. The molecule has 1 amide bonds. The number of benzene rings is 2. The van der Waals surface area contributed by atoms with Gasteiger partial charge in [0, 0.05) is 29.9 Å². The maximum absolute atomic E-state index is 12.6. The van der Waals surface area contributed by atoms with Crippen molar-refractivity contribution in [2.45, 2.75) is 26.7 Å². The Bertz CT molecular complexity index is 997. The van der Waals surface area contributed by atoms with Gasteiger partial charge in [-0.25, -0.2) is 0 Å². The van der Waals surface area contributed by atoms with E-state index in [1.54, 1.807) is 35.2 Å². The fraction of sp³-hybridized carbons (Fsp3) is 0.273. The largest absolute Gasteiger partial charge is 0.487 e. The van der Waals surface area contributed by atoms with Gasteiger partial charge in [-0.2, -0.15) is 0 Å². The van der Waals surface area contributed by atoms with Crippen LogP contribution in [0.3, 0.4) is 0 Å². The Kier molecular flexibility index (Phi) is 6.07. The Morgan fingerprint density at radius 2 is 2.03 bits per heavy atom. The molecule has 0 aliphatic carbocycles. The third-order valence-electron chi connectivity index (χ3n) is 4.71. The fourth-order valence-electron chi connectivity index (χ4n) is 3.22. The number of rotatable bonds is 7. The molecular weight excluding hydrogens is 372 g/mol. The van der Waals surface area contributed by atoms with Crippen LogP contribution in [0, 0.1) is 10.1 Å². The van der Waals surface area contributed by atoms with Gasteiger partial charge in [-0.3, -0.25) is 19.7 Å². The first kappa shape index (κ1) is 20.3. The molecule has 3 rings (SSSR count). The van der Waals surface area contributed by atoms with Crippen molar-refractivity contribution in [1.82, 2.24) is 0 Å². The van der Waals surface area contributed by atoms with Gasteiger partial charge in [0.25, 0.3) is 5.91 Å². The van der Waals surface area contributed by atoms with Gasteiger partial charge in [-0.1, -0.05) is 13.0 Å². The minimum Gasteiger partial charge on any atom is -0.487 e. The monoisotopic (exact) mass is 394 g/mol. The van der Waals surface area contributed by atoms with Crippen molar-refractivity contribution in [3.05, 3.63) is 69.3 Å².